The van der Waals surface area contributed by atoms with Crippen LogP contribution < -0.4 is 10.2 Å². The van der Waals surface area contributed by atoms with Crippen molar-refractivity contribution < 1.29 is 14.0 Å². The van der Waals surface area contributed by atoms with E-state index in [9.17, 15) is 9.59 Å². The number of hydrogen-bond acceptors (Lipinski definition) is 6. The average molecular weight is 525 g/mol. The first-order chi connectivity index (χ1) is 18.9. The fraction of sp³-hybridized carbons (Fsp3) is 0.375. The van der Waals surface area contributed by atoms with Gasteiger partial charge in [-0.2, -0.15) is 0 Å². The van der Waals surface area contributed by atoms with Crippen LogP contribution >= 0.6 is 0 Å². The molecule has 6 rings (SSSR count). The number of amides is 1. The smallest absolute Gasteiger partial charge is 0.242 e. The summed E-state index contributed by atoms with van der Waals surface area (Å²) in [5.41, 5.74) is 4.59. The number of rotatable bonds is 5. The summed E-state index contributed by atoms with van der Waals surface area (Å²) in [7, 11) is 0. The van der Waals surface area contributed by atoms with Crippen molar-refractivity contribution in [3.63, 3.8) is 0 Å². The molecular weight excluding hydrogens is 488 g/mol. The average Bonchev–Trinajstić information content (AvgIpc) is 3.41. The molecule has 3 aromatic rings. The van der Waals surface area contributed by atoms with Crippen LogP contribution in [0.15, 0.2) is 88.7 Å². The highest BCUT2D eigenvalue weighted by atomic mass is 16.3. The van der Waals surface area contributed by atoms with Crippen molar-refractivity contribution in [3.05, 3.63) is 95.6 Å². The highest BCUT2D eigenvalue weighted by Crippen LogP contribution is 2.48. The molecule has 0 bridgehead atoms. The van der Waals surface area contributed by atoms with Gasteiger partial charge in [0.05, 0.1) is 24.2 Å². The Hall–Kier alpha value is -3.84. The van der Waals surface area contributed by atoms with E-state index in [1.807, 2.05) is 47.4 Å². The molecule has 7 heteroatoms. The second-order valence-corrected chi connectivity index (χ2v) is 11.7. The van der Waals surface area contributed by atoms with Crippen LogP contribution in [0.1, 0.15) is 44.1 Å². The van der Waals surface area contributed by atoms with Gasteiger partial charge in [0, 0.05) is 50.4 Å². The summed E-state index contributed by atoms with van der Waals surface area (Å²) in [4.78, 5) is 34.0. The summed E-state index contributed by atoms with van der Waals surface area (Å²) >= 11 is 0. The Morgan fingerprint density at radius 3 is 2.44 bits per heavy atom. The van der Waals surface area contributed by atoms with E-state index in [1.165, 1.54) is 5.56 Å². The summed E-state index contributed by atoms with van der Waals surface area (Å²) in [5.74, 6) is 0.845. The van der Waals surface area contributed by atoms with Crippen molar-refractivity contribution in [2.75, 3.05) is 42.9 Å². The van der Waals surface area contributed by atoms with Gasteiger partial charge in [0.2, 0.25) is 5.91 Å². The van der Waals surface area contributed by atoms with E-state index >= 15 is 0 Å². The zero-order valence-corrected chi connectivity index (χ0v) is 22.7. The van der Waals surface area contributed by atoms with Crippen LogP contribution in [-0.2, 0) is 16.1 Å². The van der Waals surface area contributed by atoms with Gasteiger partial charge in [-0.3, -0.25) is 14.5 Å². The molecule has 2 aliphatic heterocycles. The minimum Gasteiger partial charge on any atom is -0.467 e. The Kier molecular flexibility index (Phi) is 6.77. The summed E-state index contributed by atoms with van der Waals surface area (Å²) in [6.45, 7) is 8.37. The van der Waals surface area contributed by atoms with Crippen molar-refractivity contribution in [1.29, 1.82) is 0 Å². The van der Waals surface area contributed by atoms with Crippen molar-refractivity contribution in [1.82, 2.24) is 9.80 Å². The van der Waals surface area contributed by atoms with Crippen LogP contribution in [0.5, 0.6) is 0 Å². The van der Waals surface area contributed by atoms with Gasteiger partial charge in [-0.25, -0.2) is 0 Å². The second-order valence-electron chi connectivity index (χ2n) is 11.7. The topological polar surface area (TPSA) is 69.0 Å². The zero-order valence-electron chi connectivity index (χ0n) is 22.7. The highest BCUT2D eigenvalue weighted by Gasteiger charge is 2.43. The molecule has 7 nitrogen and oxygen atoms in total. The Morgan fingerprint density at radius 1 is 0.949 bits per heavy atom. The first-order valence-electron chi connectivity index (χ1n) is 13.8. The molecule has 1 fully saturated rings. The third kappa shape index (κ3) is 5.23. The van der Waals surface area contributed by atoms with Crippen molar-refractivity contribution in [3.8, 4) is 0 Å². The van der Waals surface area contributed by atoms with E-state index in [-0.39, 0.29) is 23.7 Å². The van der Waals surface area contributed by atoms with E-state index in [4.69, 9.17) is 4.42 Å². The number of carbonyl (C=O) groups is 2. The normalized spacial score (nSPS) is 21.2. The molecule has 3 heterocycles. The number of carbonyl (C=O) groups excluding carboxylic acids is 2. The summed E-state index contributed by atoms with van der Waals surface area (Å²) in [6.07, 6.45) is 2.86. The lowest BCUT2D eigenvalue weighted by molar-refractivity contribution is -0.131. The van der Waals surface area contributed by atoms with Crippen molar-refractivity contribution >= 4 is 23.1 Å². The monoisotopic (exact) mass is 524 g/mol. The van der Waals surface area contributed by atoms with Crippen LogP contribution in [0.2, 0.25) is 0 Å². The SMILES string of the molecule is CC1(C)CC(=O)C2=C(C1)Nc1ccccc1N(CC(=O)N1CCN(Cc3ccccc3)CC1)C2c1ccco1. The van der Waals surface area contributed by atoms with Gasteiger partial charge in [-0.05, 0) is 41.7 Å². The molecule has 39 heavy (non-hydrogen) atoms. The van der Waals surface area contributed by atoms with Gasteiger partial charge in [-0.1, -0.05) is 56.3 Å². The number of anilines is 2. The summed E-state index contributed by atoms with van der Waals surface area (Å²) in [6, 6.07) is 21.8. The van der Waals surface area contributed by atoms with Gasteiger partial charge in [-0.15, -0.1) is 0 Å². The predicted molar refractivity (Wildman–Crippen MR) is 152 cm³/mol. The first kappa shape index (κ1) is 25.4. The molecule has 1 unspecified atom stereocenters. The molecule has 1 saturated heterocycles. The molecule has 3 aliphatic rings. The van der Waals surface area contributed by atoms with Crippen molar-refractivity contribution in [2.45, 2.75) is 39.3 Å². The fourth-order valence-corrected chi connectivity index (χ4v) is 6.21. The number of Topliss-reactive ketones (excluding diaryl/α,β-unsaturated/α-hetero) is 1. The third-order valence-electron chi connectivity index (χ3n) is 8.10. The standard InChI is InChI=1S/C32H36N4O3/c1-32(2)19-25-30(27(37)20-32)31(28-13-8-18-39-28)36(26-12-7-6-11-24(26)33-25)22-29(38)35-16-14-34(15-17-35)21-23-9-4-3-5-10-23/h3-13,18,31,33H,14-17,19-22H2,1-2H3. The molecule has 202 valence electrons. The number of allylic oxidation sites excluding steroid dienone is 1. The lowest BCUT2D eigenvalue weighted by atomic mass is 9.74. The molecule has 1 N–H and O–H groups in total. The van der Waals surface area contributed by atoms with E-state index in [2.05, 4.69) is 53.2 Å². The molecule has 0 radical (unpaired) electrons. The number of ketones is 1. The van der Waals surface area contributed by atoms with E-state index < -0.39 is 6.04 Å². The molecule has 2 aromatic carbocycles. The number of furan rings is 1. The Labute approximate surface area is 230 Å². The van der Waals surface area contributed by atoms with Crippen LogP contribution in [-0.4, -0.2) is 54.2 Å². The number of piperazine rings is 1. The zero-order chi connectivity index (χ0) is 27.0. The Balaban J connectivity index is 1.28. The molecule has 1 aliphatic carbocycles. The lowest BCUT2D eigenvalue weighted by Gasteiger charge is -2.39. The third-order valence-corrected chi connectivity index (χ3v) is 8.10. The number of para-hydroxylation sites is 2. The summed E-state index contributed by atoms with van der Waals surface area (Å²) < 4.78 is 5.93. The Morgan fingerprint density at radius 2 is 1.69 bits per heavy atom. The van der Waals surface area contributed by atoms with Crippen LogP contribution in [0.25, 0.3) is 0 Å². The molecule has 1 aromatic heterocycles. The van der Waals surface area contributed by atoms with Crippen LogP contribution in [0, 0.1) is 5.41 Å². The minimum absolute atomic E-state index is 0.0633. The van der Waals surface area contributed by atoms with Gasteiger partial charge in [0.25, 0.3) is 0 Å². The fourth-order valence-electron chi connectivity index (χ4n) is 6.21. The quantitative estimate of drug-likeness (QED) is 0.492. The second kappa shape index (κ2) is 10.4. The number of fused-ring (bicyclic) bond motifs is 1. The minimum atomic E-state index is -0.474. The predicted octanol–water partition coefficient (Wildman–Crippen LogP) is 5.24. The van der Waals surface area contributed by atoms with Gasteiger partial charge < -0.3 is 19.5 Å². The molecule has 0 saturated carbocycles. The van der Waals surface area contributed by atoms with Gasteiger partial charge in [0.1, 0.15) is 11.8 Å². The summed E-state index contributed by atoms with van der Waals surface area (Å²) in [5, 5.41) is 3.59. The Bertz CT molecular complexity index is 1370. The van der Waals surface area contributed by atoms with E-state index in [0.717, 1.165) is 43.1 Å². The largest absolute Gasteiger partial charge is 0.467 e. The highest BCUT2D eigenvalue weighted by molar-refractivity contribution is 6.01. The van der Waals surface area contributed by atoms with Gasteiger partial charge in [0.15, 0.2) is 5.78 Å². The van der Waals surface area contributed by atoms with E-state index in [0.29, 0.717) is 30.8 Å². The molecule has 1 atom stereocenters. The number of nitrogens with zero attached hydrogens (tertiary/aromatic N) is 3. The van der Waals surface area contributed by atoms with Gasteiger partial charge >= 0.3 is 0 Å². The molecule has 0 spiro atoms. The maximum Gasteiger partial charge on any atom is 0.242 e. The van der Waals surface area contributed by atoms with E-state index in [1.54, 1.807) is 6.26 Å². The van der Waals surface area contributed by atoms with Crippen molar-refractivity contribution in [2.24, 2.45) is 5.41 Å². The van der Waals surface area contributed by atoms with Crippen LogP contribution in [0.4, 0.5) is 11.4 Å². The number of hydrogen-bond donors (Lipinski definition) is 1. The maximum atomic E-state index is 13.8. The first-order valence-corrected chi connectivity index (χ1v) is 13.8. The molecule has 1 amide bonds. The van der Waals surface area contributed by atoms with Crippen LogP contribution in [0.3, 0.4) is 0 Å². The lowest BCUT2D eigenvalue weighted by Crippen LogP contribution is -2.51. The molecular formula is C32H36N4O3. The number of nitrogens with one attached hydrogen (secondary N) is 1. The maximum absolute atomic E-state index is 13.8. The number of benzene rings is 2.